The van der Waals surface area contributed by atoms with Crippen LogP contribution >= 0.6 is 0 Å². The molecule has 3 N–H and O–H groups in total. The standard InChI is InChI=1S/C11H16N2O2S/c1-16(14,15)10-4-2-9(3-5-10)13-11(8-12)6-7-11/h2-5,13H,6-8,12H2,1H3. The zero-order chi connectivity index (χ0) is 11.8. The minimum Gasteiger partial charge on any atom is -0.378 e. The zero-order valence-electron chi connectivity index (χ0n) is 9.23. The summed E-state index contributed by atoms with van der Waals surface area (Å²) in [4.78, 5) is 0.343. The van der Waals surface area contributed by atoms with Crippen LogP contribution in [0.3, 0.4) is 0 Å². The van der Waals surface area contributed by atoms with Crippen LogP contribution in [-0.4, -0.2) is 26.8 Å². The molecule has 0 aliphatic heterocycles. The molecule has 0 radical (unpaired) electrons. The third kappa shape index (κ3) is 2.36. The second kappa shape index (κ2) is 3.75. The molecule has 5 heteroatoms. The fraction of sp³-hybridized carbons (Fsp3) is 0.455. The number of sulfone groups is 1. The third-order valence-corrected chi connectivity index (χ3v) is 4.06. The van der Waals surface area contributed by atoms with Crippen LogP contribution in [0.4, 0.5) is 5.69 Å². The van der Waals surface area contributed by atoms with Gasteiger partial charge in [-0.1, -0.05) is 0 Å². The molecule has 2 rings (SSSR count). The van der Waals surface area contributed by atoms with Crippen molar-refractivity contribution in [3.05, 3.63) is 24.3 Å². The maximum atomic E-state index is 11.3. The van der Waals surface area contributed by atoms with Crippen LogP contribution < -0.4 is 11.1 Å². The minimum absolute atomic E-state index is 0.0482. The van der Waals surface area contributed by atoms with Crippen molar-refractivity contribution in [1.82, 2.24) is 0 Å². The van der Waals surface area contributed by atoms with Crippen LogP contribution in [0.2, 0.25) is 0 Å². The van der Waals surface area contributed by atoms with E-state index in [1.165, 1.54) is 6.26 Å². The summed E-state index contributed by atoms with van der Waals surface area (Å²) >= 11 is 0. The molecule has 0 aromatic heterocycles. The van der Waals surface area contributed by atoms with Gasteiger partial charge >= 0.3 is 0 Å². The Bertz CT molecular complexity index is 475. The summed E-state index contributed by atoms with van der Waals surface area (Å²) in [6.07, 6.45) is 3.37. The van der Waals surface area contributed by atoms with Crippen molar-refractivity contribution >= 4 is 15.5 Å². The summed E-state index contributed by atoms with van der Waals surface area (Å²) in [5.41, 5.74) is 6.63. The van der Waals surface area contributed by atoms with Crippen LogP contribution in [0.15, 0.2) is 29.2 Å². The van der Waals surface area contributed by atoms with Crippen molar-refractivity contribution in [3.63, 3.8) is 0 Å². The highest BCUT2D eigenvalue weighted by Gasteiger charge is 2.41. The number of hydrogen-bond donors (Lipinski definition) is 2. The predicted molar refractivity (Wildman–Crippen MR) is 64.2 cm³/mol. The van der Waals surface area contributed by atoms with Gasteiger partial charge in [-0.05, 0) is 37.1 Å². The Morgan fingerprint density at radius 3 is 2.25 bits per heavy atom. The maximum absolute atomic E-state index is 11.3. The van der Waals surface area contributed by atoms with Crippen molar-refractivity contribution in [2.45, 2.75) is 23.3 Å². The zero-order valence-corrected chi connectivity index (χ0v) is 10.0. The fourth-order valence-corrected chi connectivity index (χ4v) is 2.25. The molecule has 1 aliphatic carbocycles. The topological polar surface area (TPSA) is 72.2 Å². The van der Waals surface area contributed by atoms with Gasteiger partial charge in [0.05, 0.1) is 4.90 Å². The van der Waals surface area contributed by atoms with E-state index >= 15 is 0 Å². The van der Waals surface area contributed by atoms with Crippen LogP contribution in [0.1, 0.15) is 12.8 Å². The molecule has 0 unspecified atom stereocenters. The molecule has 1 fully saturated rings. The number of anilines is 1. The number of nitrogens with one attached hydrogen (secondary N) is 1. The second-order valence-corrected chi connectivity index (χ2v) is 6.42. The Kier molecular flexibility index (Phi) is 2.67. The lowest BCUT2D eigenvalue weighted by atomic mass is 10.2. The van der Waals surface area contributed by atoms with Crippen molar-refractivity contribution in [3.8, 4) is 0 Å². The highest BCUT2D eigenvalue weighted by molar-refractivity contribution is 7.90. The van der Waals surface area contributed by atoms with E-state index in [1.54, 1.807) is 24.3 Å². The molecule has 16 heavy (non-hydrogen) atoms. The molecule has 1 aromatic carbocycles. The summed E-state index contributed by atoms with van der Waals surface area (Å²) in [7, 11) is -3.11. The SMILES string of the molecule is CS(=O)(=O)c1ccc(NC2(CN)CC2)cc1. The normalized spacial score (nSPS) is 18.1. The Balaban J connectivity index is 2.14. The Labute approximate surface area is 95.8 Å². The first kappa shape index (κ1) is 11.4. The van der Waals surface area contributed by atoms with E-state index in [1.807, 2.05) is 0 Å². The smallest absolute Gasteiger partial charge is 0.175 e. The number of hydrogen-bond acceptors (Lipinski definition) is 4. The van der Waals surface area contributed by atoms with Crippen LogP contribution in [-0.2, 0) is 9.84 Å². The van der Waals surface area contributed by atoms with Gasteiger partial charge in [0.15, 0.2) is 9.84 Å². The molecule has 0 saturated heterocycles. The van der Waals surface area contributed by atoms with Gasteiger partial charge in [0.2, 0.25) is 0 Å². The van der Waals surface area contributed by atoms with Gasteiger partial charge in [0, 0.05) is 24.0 Å². The van der Waals surface area contributed by atoms with Crippen molar-refractivity contribution in [1.29, 1.82) is 0 Å². The molecular formula is C11H16N2O2S. The van der Waals surface area contributed by atoms with Gasteiger partial charge in [0.1, 0.15) is 0 Å². The number of nitrogens with two attached hydrogens (primary N) is 1. The van der Waals surface area contributed by atoms with E-state index < -0.39 is 9.84 Å². The summed E-state index contributed by atoms with van der Waals surface area (Å²) in [5.74, 6) is 0. The Morgan fingerprint density at radius 1 is 1.31 bits per heavy atom. The molecule has 0 atom stereocenters. The first-order chi connectivity index (χ1) is 7.45. The van der Waals surface area contributed by atoms with Gasteiger partial charge in [-0.25, -0.2) is 8.42 Å². The lowest BCUT2D eigenvalue weighted by Crippen LogP contribution is -2.30. The van der Waals surface area contributed by atoms with Crippen molar-refractivity contribution in [2.24, 2.45) is 5.73 Å². The average Bonchev–Trinajstić information content (AvgIpc) is 2.98. The molecular weight excluding hydrogens is 224 g/mol. The largest absolute Gasteiger partial charge is 0.378 e. The van der Waals surface area contributed by atoms with E-state index in [-0.39, 0.29) is 5.54 Å². The van der Waals surface area contributed by atoms with E-state index in [2.05, 4.69) is 5.32 Å². The van der Waals surface area contributed by atoms with Crippen LogP contribution in [0.5, 0.6) is 0 Å². The molecule has 1 aromatic rings. The van der Waals surface area contributed by atoms with Crippen LogP contribution in [0.25, 0.3) is 0 Å². The Hall–Kier alpha value is -1.07. The molecule has 4 nitrogen and oxygen atoms in total. The second-order valence-electron chi connectivity index (χ2n) is 4.41. The van der Waals surface area contributed by atoms with Gasteiger partial charge in [-0.15, -0.1) is 0 Å². The molecule has 0 bridgehead atoms. The lowest BCUT2D eigenvalue weighted by Gasteiger charge is -2.16. The van der Waals surface area contributed by atoms with Crippen molar-refractivity contribution < 1.29 is 8.42 Å². The summed E-state index contributed by atoms with van der Waals surface area (Å²) in [6, 6.07) is 6.80. The molecule has 0 spiro atoms. The molecule has 88 valence electrons. The molecule has 0 heterocycles. The minimum atomic E-state index is -3.11. The van der Waals surface area contributed by atoms with E-state index in [0.29, 0.717) is 11.4 Å². The van der Waals surface area contributed by atoms with E-state index in [4.69, 9.17) is 5.73 Å². The lowest BCUT2D eigenvalue weighted by molar-refractivity contribution is 0.602. The quantitative estimate of drug-likeness (QED) is 0.823. The van der Waals surface area contributed by atoms with E-state index in [0.717, 1.165) is 18.5 Å². The van der Waals surface area contributed by atoms with Gasteiger partial charge in [-0.3, -0.25) is 0 Å². The fourth-order valence-electron chi connectivity index (χ4n) is 1.62. The van der Waals surface area contributed by atoms with Gasteiger partial charge in [-0.2, -0.15) is 0 Å². The summed E-state index contributed by atoms with van der Waals surface area (Å²) in [6.45, 7) is 0.612. The summed E-state index contributed by atoms with van der Waals surface area (Å²) in [5, 5.41) is 3.34. The van der Waals surface area contributed by atoms with Gasteiger partial charge in [0.25, 0.3) is 0 Å². The van der Waals surface area contributed by atoms with Crippen molar-refractivity contribution in [2.75, 3.05) is 18.1 Å². The highest BCUT2D eigenvalue weighted by atomic mass is 32.2. The Morgan fingerprint density at radius 2 is 1.88 bits per heavy atom. The molecule has 1 saturated carbocycles. The molecule has 0 amide bonds. The van der Waals surface area contributed by atoms with Gasteiger partial charge < -0.3 is 11.1 Å². The van der Waals surface area contributed by atoms with Crippen LogP contribution in [0, 0.1) is 0 Å². The number of benzene rings is 1. The first-order valence-corrected chi connectivity index (χ1v) is 7.13. The number of rotatable bonds is 4. The monoisotopic (exact) mass is 240 g/mol. The first-order valence-electron chi connectivity index (χ1n) is 5.24. The van der Waals surface area contributed by atoms with E-state index in [9.17, 15) is 8.42 Å². The average molecular weight is 240 g/mol. The molecule has 1 aliphatic rings. The third-order valence-electron chi connectivity index (χ3n) is 2.94. The summed E-state index contributed by atoms with van der Waals surface area (Å²) < 4.78 is 22.5. The highest BCUT2D eigenvalue weighted by Crippen LogP contribution is 2.37. The predicted octanol–water partition coefficient (Wildman–Crippen LogP) is 0.993. The maximum Gasteiger partial charge on any atom is 0.175 e.